The average molecular weight is 290 g/mol. The first-order valence-corrected chi connectivity index (χ1v) is 7.96. The molecule has 2 N–H and O–H groups in total. The van der Waals surface area contributed by atoms with Gasteiger partial charge < -0.3 is 10.6 Å². The van der Waals surface area contributed by atoms with Crippen molar-refractivity contribution in [3.05, 3.63) is 35.6 Å². The molecule has 1 amide bonds. The van der Waals surface area contributed by atoms with E-state index >= 15 is 0 Å². The second-order valence-corrected chi connectivity index (χ2v) is 6.37. The van der Waals surface area contributed by atoms with Crippen LogP contribution >= 0.6 is 0 Å². The Morgan fingerprint density at radius 1 is 1.24 bits per heavy atom. The predicted octanol–water partition coefficient (Wildman–Crippen LogP) is 2.71. The zero-order valence-electron chi connectivity index (χ0n) is 12.3. The van der Waals surface area contributed by atoms with Crippen LogP contribution < -0.4 is 10.6 Å². The zero-order chi connectivity index (χ0) is 14.7. The number of amides is 1. The molecule has 0 atom stereocenters. The normalized spacial score (nSPS) is 21.0. The number of piperidine rings is 1. The molecule has 3 rings (SSSR count). The van der Waals surface area contributed by atoms with E-state index in [-0.39, 0.29) is 17.3 Å². The summed E-state index contributed by atoms with van der Waals surface area (Å²) in [6.45, 7) is 2.15. The van der Waals surface area contributed by atoms with Gasteiger partial charge in [0, 0.05) is 6.42 Å². The van der Waals surface area contributed by atoms with Gasteiger partial charge in [-0.25, -0.2) is 4.39 Å². The van der Waals surface area contributed by atoms with E-state index in [0.29, 0.717) is 12.3 Å². The van der Waals surface area contributed by atoms with Crippen LogP contribution in [0.5, 0.6) is 0 Å². The van der Waals surface area contributed by atoms with Crippen LogP contribution in [0.15, 0.2) is 24.3 Å². The Morgan fingerprint density at radius 3 is 2.52 bits per heavy atom. The first-order valence-electron chi connectivity index (χ1n) is 7.96. The summed E-state index contributed by atoms with van der Waals surface area (Å²) in [5.74, 6) is 0.583. The standard InChI is InChI=1S/C17H23FN2O/c18-15-4-2-14(3-5-15)17(9-10-17)20-16(21)6-1-13-7-11-19-12-8-13/h2-5,13,19H,1,6-12H2,(H,20,21). The summed E-state index contributed by atoms with van der Waals surface area (Å²) >= 11 is 0. The minimum absolute atomic E-state index is 0.135. The van der Waals surface area contributed by atoms with Crippen molar-refractivity contribution in [3.63, 3.8) is 0 Å². The Kier molecular flexibility index (Phi) is 4.24. The Bertz CT molecular complexity index is 490. The molecule has 0 aromatic heterocycles. The van der Waals surface area contributed by atoms with Crippen LogP contribution in [0.2, 0.25) is 0 Å². The maximum absolute atomic E-state index is 13.0. The Labute approximate surface area is 125 Å². The van der Waals surface area contributed by atoms with Gasteiger partial charge in [0.05, 0.1) is 5.54 Å². The number of rotatable bonds is 5. The fraction of sp³-hybridized carbons (Fsp3) is 0.588. The topological polar surface area (TPSA) is 41.1 Å². The first-order chi connectivity index (χ1) is 10.2. The van der Waals surface area contributed by atoms with Crippen LogP contribution in [-0.2, 0) is 10.3 Å². The van der Waals surface area contributed by atoms with Crippen molar-refractivity contribution in [1.82, 2.24) is 10.6 Å². The lowest BCUT2D eigenvalue weighted by Crippen LogP contribution is -2.35. The van der Waals surface area contributed by atoms with Gasteiger partial charge in [0.2, 0.25) is 5.91 Å². The van der Waals surface area contributed by atoms with Crippen molar-refractivity contribution in [2.45, 2.75) is 44.1 Å². The summed E-state index contributed by atoms with van der Waals surface area (Å²) in [7, 11) is 0. The zero-order valence-corrected chi connectivity index (χ0v) is 12.3. The Hall–Kier alpha value is -1.42. The monoisotopic (exact) mass is 290 g/mol. The fourth-order valence-electron chi connectivity index (χ4n) is 3.21. The number of halogens is 1. The summed E-state index contributed by atoms with van der Waals surface area (Å²) in [4.78, 5) is 12.2. The van der Waals surface area contributed by atoms with Crippen LogP contribution in [0.25, 0.3) is 0 Å². The van der Waals surface area contributed by atoms with Crippen LogP contribution in [0.4, 0.5) is 4.39 Å². The lowest BCUT2D eigenvalue weighted by molar-refractivity contribution is -0.122. The highest BCUT2D eigenvalue weighted by Crippen LogP contribution is 2.45. The highest BCUT2D eigenvalue weighted by atomic mass is 19.1. The minimum Gasteiger partial charge on any atom is -0.347 e. The number of carbonyl (C=O) groups excluding carboxylic acids is 1. The average Bonchev–Trinajstić information content (AvgIpc) is 3.27. The maximum Gasteiger partial charge on any atom is 0.220 e. The smallest absolute Gasteiger partial charge is 0.220 e. The molecule has 2 fully saturated rings. The van der Waals surface area contributed by atoms with Crippen molar-refractivity contribution in [3.8, 4) is 0 Å². The number of nitrogens with one attached hydrogen (secondary N) is 2. The molecule has 1 aromatic rings. The number of hydrogen-bond acceptors (Lipinski definition) is 2. The third kappa shape index (κ3) is 3.62. The highest BCUT2D eigenvalue weighted by molar-refractivity contribution is 5.77. The molecule has 0 bridgehead atoms. The largest absolute Gasteiger partial charge is 0.347 e. The molecular weight excluding hydrogens is 267 g/mol. The molecule has 1 aromatic carbocycles. The van der Waals surface area contributed by atoms with Gasteiger partial charge in [0.15, 0.2) is 0 Å². The van der Waals surface area contributed by atoms with Crippen LogP contribution in [-0.4, -0.2) is 19.0 Å². The first kappa shape index (κ1) is 14.5. The van der Waals surface area contributed by atoms with E-state index in [2.05, 4.69) is 10.6 Å². The summed E-state index contributed by atoms with van der Waals surface area (Å²) in [6, 6.07) is 6.51. The molecule has 114 valence electrons. The second kappa shape index (κ2) is 6.14. The number of carbonyl (C=O) groups is 1. The molecule has 1 heterocycles. The minimum atomic E-state index is -0.230. The molecule has 1 aliphatic carbocycles. The maximum atomic E-state index is 13.0. The molecule has 0 unspecified atom stereocenters. The highest BCUT2D eigenvalue weighted by Gasteiger charge is 2.45. The van der Waals surface area contributed by atoms with E-state index in [1.165, 1.54) is 25.0 Å². The molecule has 0 radical (unpaired) electrons. The van der Waals surface area contributed by atoms with Crippen LogP contribution in [0.1, 0.15) is 44.1 Å². The SMILES string of the molecule is O=C(CCC1CCNCC1)NC1(c2ccc(F)cc2)CC1. The summed E-state index contributed by atoms with van der Waals surface area (Å²) in [5, 5.41) is 6.51. The van der Waals surface area contributed by atoms with E-state index in [0.717, 1.165) is 37.9 Å². The molecule has 1 saturated heterocycles. The molecular formula is C17H23FN2O. The van der Waals surface area contributed by atoms with E-state index in [1.807, 2.05) is 0 Å². The van der Waals surface area contributed by atoms with Crippen molar-refractivity contribution < 1.29 is 9.18 Å². The Morgan fingerprint density at radius 2 is 1.90 bits per heavy atom. The van der Waals surface area contributed by atoms with Crippen molar-refractivity contribution in [1.29, 1.82) is 0 Å². The molecule has 2 aliphatic rings. The molecule has 0 spiro atoms. The quantitative estimate of drug-likeness (QED) is 0.875. The van der Waals surface area contributed by atoms with E-state index in [4.69, 9.17) is 0 Å². The second-order valence-electron chi connectivity index (χ2n) is 6.37. The van der Waals surface area contributed by atoms with Gasteiger partial charge >= 0.3 is 0 Å². The van der Waals surface area contributed by atoms with Gasteiger partial charge in [-0.3, -0.25) is 4.79 Å². The summed E-state index contributed by atoms with van der Waals surface area (Å²) in [6.07, 6.45) is 5.85. The van der Waals surface area contributed by atoms with E-state index < -0.39 is 0 Å². The van der Waals surface area contributed by atoms with Crippen molar-refractivity contribution >= 4 is 5.91 Å². The lowest BCUT2D eigenvalue weighted by Gasteiger charge is -2.23. The molecule has 1 saturated carbocycles. The van der Waals surface area contributed by atoms with Crippen LogP contribution in [0.3, 0.4) is 0 Å². The third-order valence-corrected chi connectivity index (χ3v) is 4.76. The predicted molar refractivity (Wildman–Crippen MR) is 80.3 cm³/mol. The number of hydrogen-bond donors (Lipinski definition) is 2. The molecule has 21 heavy (non-hydrogen) atoms. The van der Waals surface area contributed by atoms with E-state index in [1.54, 1.807) is 12.1 Å². The Balaban J connectivity index is 1.51. The van der Waals surface area contributed by atoms with Crippen LogP contribution in [0, 0.1) is 11.7 Å². The van der Waals surface area contributed by atoms with E-state index in [9.17, 15) is 9.18 Å². The van der Waals surface area contributed by atoms with Gasteiger partial charge in [-0.15, -0.1) is 0 Å². The number of benzene rings is 1. The van der Waals surface area contributed by atoms with Gasteiger partial charge in [0.1, 0.15) is 5.82 Å². The lowest BCUT2D eigenvalue weighted by atomic mass is 9.93. The van der Waals surface area contributed by atoms with Gasteiger partial charge in [0.25, 0.3) is 0 Å². The van der Waals surface area contributed by atoms with Gasteiger partial charge in [-0.05, 0) is 68.8 Å². The summed E-state index contributed by atoms with van der Waals surface area (Å²) in [5.41, 5.74) is 0.804. The van der Waals surface area contributed by atoms with Gasteiger partial charge in [-0.1, -0.05) is 12.1 Å². The van der Waals surface area contributed by atoms with Crippen molar-refractivity contribution in [2.75, 3.05) is 13.1 Å². The molecule has 1 aliphatic heterocycles. The third-order valence-electron chi connectivity index (χ3n) is 4.76. The van der Waals surface area contributed by atoms with Crippen molar-refractivity contribution in [2.24, 2.45) is 5.92 Å². The molecule has 4 heteroatoms. The molecule has 3 nitrogen and oxygen atoms in total. The van der Waals surface area contributed by atoms with Gasteiger partial charge in [-0.2, -0.15) is 0 Å². The summed E-state index contributed by atoms with van der Waals surface area (Å²) < 4.78 is 13.0. The fourth-order valence-corrected chi connectivity index (χ4v) is 3.21.